The standard InChI is InChI=1S/C13H26N2OS/c1-5-7-10(8-6-2)11(16)15-9-13(3,4)12(14)17/h10H,5-9H2,1-4H3,(H2,14,17)(H,15,16). The maximum absolute atomic E-state index is 12.0. The van der Waals surface area contributed by atoms with E-state index in [2.05, 4.69) is 19.2 Å². The van der Waals surface area contributed by atoms with Crippen LogP contribution in [-0.4, -0.2) is 17.4 Å². The first-order chi connectivity index (χ1) is 7.85. The van der Waals surface area contributed by atoms with Crippen molar-refractivity contribution in [2.75, 3.05) is 6.54 Å². The van der Waals surface area contributed by atoms with E-state index in [9.17, 15) is 4.79 Å². The molecule has 17 heavy (non-hydrogen) atoms. The molecule has 0 aromatic heterocycles. The molecule has 1 amide bonds. The summed E-state index contributed by atoms with van der Waals surface area (Å²) in [6, 6.07) is 0. The molecule has 0 saturated carbocycles. The van der Waals surface area contributed by atoms with Gasteiger partial charge in [-0.2, -0.15) is 0 Å². The fourth-order valence-electron chi connectivity index (χ4n) is 1.64. The number of amides is 1. The van der Waals surface area contributed by atoms with E-state index in [1.165, 1.54) is 0 Å². The molecule has 0 atom stereocenters. The van der Waals surface area contributed by atoms with Gasteiger partial charge in [0, 0.05) is 17.9 Å². The molecule has 0 heterocycles. The molecule has 3 nitrogen and oxygen atoms in total. The predicted octanol–water partition coefficient (Wildman–Crippen LogP) is 2.63. The molecule has 0 rings (SSSR count). The van der Waals surface area contributed by atoms with Gasteiger partial charge in [-0.05, 0) is 12.8 Å². The third-order valence-corrected chi connectivity index (χ3v) is 3.57. The largest absolute Gasteiger partial charge is 0.393 e. The topological polar surface area (TPSA) is 55.1 Å². The summed E-state index contributed by atoms with van der Waals surface area (Å²) in [6.45, 7) is 8.63. The van der Waals surface area contributed by atoms with Gasteiger partial charge < -0.3 is 11.1 Å². The Morgan fingerprint density at radius 1 is 1.29 bits per heavy atom. The normalized spacial score (nSPS) is 11.6. The highest BCUT2D eigenvalue weighted by molar-refractivity contribution is 7.80. The lowest BCUT2D eigenvalue weighted by molar-refractivity contribution is -0.125. The van der Waals surface area contributed by atoms with E-state index in [1.54, 1.807) is 0 Å². The highest BCUT2D eigenvalue weighted by Crippen LogP contribution is 2.16. The Morgan fingerprint density at radius 3 is 2.12 bits per heavy atom. The van der Waals surface area contributed by atoms with Crippen LogP contribution < -0.4 is 11.1 Å². The van der Waals surface area contributed by atoms with Gasteiger partial charge in [0.15, 0.2) is 0 Å². The van der Waals surface area contributed by atoms with Gasteiger partial charge in [-0.25, -0.2) is 0 Å². The van der Waals surface area contributed by atoms with Crippen LogP contribution in [0.5, 0.6) is 0 Å². The van der Waals surface area contributed by atoms with Crippen LogP contribution in [0.15, 0.2) is 0 Å². The van der Waals surface area contributed by atoms with E-state index in [0.29, 0.717) is 11.5 Å². The summed E-state index contributed by atoms with van der Waals surface area (Å²) in [5.41, 5.74) is 5.32. The van der Waals surface area contributed by atoms with Crippen LogP contribution in [0, 0.1) is 11.3 Å². The number of carbonyl (C=O) groups is 1. The van der Waals surface area contributed by atoms with Gasteiger partial charge in [-0.3, -0.25) is 4.79 Å². The SMILES string of the molecule is CCCC(CCC)C(=O)NCC(C)(C)C(N)=S. The summed E-state index contributed by atoms with van der Waals surface area (Å²) in [7, 11) is 0. The maximum Gasteiger partial charge on any atom is 0.223 e. The van der Waals surface area contributed by atoms with E-state index >= 15 is 0 Å². The molecule has 0 unspecified atom stereocenters. The van der Waals surface area contributed by atoms with Gasteiger partial charge in [-0.1, -0.05) is 52.8 Å². The number of hydrogen-bond acceptors (Lipinski definition) is 2. The molecular weight excluding hydrogens is 232 g/mol. The summed E-state index contributed by atoms with van der Waals surface area (Å²) in [6.07, 6.45) is 3.98. The Kier molecular flexibility index (Phi) is 7.35. The minimum Gasteiger partial charge on any atom is -0.393 e. The highest BCUT2D eigenvalue weighted by atomic mass is 32.1. The Morgan fingerprint density at radius 2 is 1.76 bits per heavy atom. The molecule has 0 aliphatic heterocycles. The summed E-state index contributed by atoms with van der Waals surface area (Å²) in [4.78, 5) is 12.4. The number of hydrogen-bond donors (Lipinski definition) is 2. The zero-order chi connectivity index (χ0) is 13.5. The molecule has 0 saturated heterocycles. The molecule has 0 aromatic carbocycles. The highest BCUT2D eigenvalue weighted by Gasteiger charge is 2.24. The first kappa shape index (κ1) is 16.4. The lowest BCUT2D eigenvalue weighted by Gasteiger charge is -2.25. The molecule has 0 bridgehead atoms. The van der Waals surface area contributed by atoms with E-state index in [0.717, 1.165) is 25.7 Å². The fourth-order valence-corrected chi connectivity index (χ4v) is 1.72. The Balaban J connectivity index is 4.27. The van der Waals surface area contributed by atoms with Gasteiger partial charge in [0.2, 0.25) is 5.91 Å². The molecule has 4 heteroatoms. The minimum atomic E-state index is -0.312. The zero-order valence-corrected chi connectivity index (χ0v) is 12.3. The number of carbonyl (C=O) groups excluding carboxylic acids is 1. The van der Waals surface area contributed by atoms with Gasteiger partial charge in [0.05, 0.1) is 4.99 Å². The molecule has 3 N–H and O–H groups in total. The molecule has 0 aromatic rings. The molecule has 0 aliphatic rings. The number of thiocarbonyl (C=S) groups is 1. The molecule has 0 fully saturated rings. The third kappa shape index (κ3) is 6.01. The van der Waals surface area contributed by atoms with Gasteiger partial charge in [0.1, 0.15) is 0 Å². The third-order valence-electron chi connectivity index (χ3n) is 3.02. The van der Waals surface area contributed by atoms with Crippen molar-refractivity contribution in [2.24, 2.45) is 17.1 Å². The lowest BCUT2D eigenvalue weighted by Crippen LogP contribution is -2.43. The second-order valence-corrected chi connectivity index (χ2v) is 5.68. The summed E-state index contributed by atoms with van der Waals surface area (Å²) in [5.74, 6) is 0.269. The summed E-state index contributed by atoms with van der Waals surface area (Å²) in [5, 5.41) is 2.97. The van der Waals surface area contributed by atoms with Crippen LogP contribution >= 0.6 is 12.2 Å². The minimum absolute atomic E-state index is 0.132. The number of nitrogens with two attached hydrogens (primary N) is 1. The van der Waals surface area contributed by atoms with E-state index in [4.69, 9.17) is 18.0 Å². The van der Waals surface area contributed by atoms with Crippen molar-refractivity contribution in [3.8, 4) is 0 Å². The second kappa shape index (κ2) is 7.64. The van der Waals surface area contributed by atoms with Crippen molar-refractivity contribution in [3.63, 3.8) is 0 Å². The quantitative estimate of drug-likeness (QED) is 0.658. The van der Waals surface area contributed by atoms with E-state index in [1.807, 2.05) is 13.8 Å². The van der Waals surface area contributed by atoms with Gasteiger partial charge in [0.25, 0.3) is 0 Å². The van der Waals surface area contributed by atoms with Crippen molar-refractivity contribution in [1.29, 1.82) is 0 Å². The average molecular weight is 258 g/mol. The molecule has 0 radical (unpaired) electrons. The van der Waals surface area contributed by atoms with Crippen LogP contribution in [-0.2, 0) is 4.79 Å². The fraction of sp³-hybridized carbons (Fsp3) is 0.846. The van der Waals surface area contributed by atoms with Crippen molar-refractivity contribution in [3.05, 3.63) is 0 Å². The molecule has 0 spiro atoms. The van der Waals surface area contributed by atoms with Crippen molar-refractivity contribution in [1.82, 2.24) is 5.32 Å². The van der Waals surface area contributed by atoms with E-state index in [-0.39, 0.29) is 17.2 Å². The van der Waals surface area contributed by atoms with Crippen LogP contribution in [0.3, 0.4) is 0 Å². The number of nitrogens with one attached hydrogen (secondary N) is 1. The summed E-state index contributed by atoms with van der Waals surface area (Å²) < 4.78 is 0. The van der Waals surface area contributed by atoms with Crippen molar-refractivity contribution >= 4 is 23.1 Å². The Bertz CT molecular complexity index is 258. The smallest absolute Gasteiger partial charge is 0.223 e. The molecule has 0 aliphatic carbocycles. The van der Waals surface area contributed by atoms with Gasteiger partial charge >= 0.3 is 0 Å². The lowest BCUT2D eigenvalue weighted by atomic mass is 9.92. The van der Waals surface area contributed by atoms with Crippen LogP contribution in [0.25, 0.3) is 0 Å². The van der Waals surface area contributed by atoms with Crippen molar-refractivity contribution < 1.29 is 4.79 Å². The Hall–Kier alpha value is -0.640. The monoisotopic (exact) mass is 258 g/mol. The molecule has 100 valence electrons. The first-order valence-corrected chi connectivity index (χ1v) is 6.83. The second-order valence-electron chi connectivity index (χ2n) is 5.24. The maximum atomic E-state index is 12.0. The van der Waals surface area contributed by atoms with E-state index < -0.39 is 0 Å². The Labute approximate surface area is 111 Å². The summed E-state index contributed by atoms with van der Waals surface area (Å²) >= 11 is 4.98. The van der Waals surface area contributed by atoms with Gasteiger partial charge in [-0.15, -0.1) is 0 Å². The predicted molar refractivity (Wildman–Crippen MR) is 76.9 cm³/mol. The van der Waals surface area contributed by atoms with Crippen LogP contribution in [0.2, 0.25) is 0 Å². The molecular formula is C13H26N2OS. The number of rotatable bonds is 8. The average Bonchev–Trinajstić information content (AvgIpc) is 2.25. The van der Waals surface area contributed by atoms with Crippen molar-refractivity contribution in [2.45, 2.75) is 53.4 Å². The van der Waals surface area contributed by atoms with Crippen LogP contribution in [0.4, 0.5) is 0 Å². The van der Waals surface area contributed by atoms with Crippen LogP contribution in [0.1, 0.15) is 53.4 Å². The first-order valence-electron chi connectivity index (χ1n) is 6.42. The zero-order valence-electron chi connectivity index (χ0n) is 11.5.